The summed E-state index contributed by atoms with van der Waals surface area (Å²) in [6.07, 6.45) is 0.633. The second-order valence-electron chi connectivity index (χ2n) is 10.9. The third-order valence-corrected chi connectivity index (χ3v) is 8.09. The van der Waals surface area contributed by atoms with Crippen molar-refractivity contribution in [3.05, 3.63) is 95.1 Å². The van der Waals surface area contributed by atoms with Gasteiger partial charge in [-0.15, -0.1) is 0 Å². The molecule has 0 saturated carbocycles. The number of carboxylic acid groups (broad SMARTS) is 1. The van der Waals surface area contributed by atoms with Crippen molar-refractivity contribution >= 4 is 46.9 Å². The summed E-state index contributed by atoms with van der Waals surface area (Å²) in [4.78, 5) is 79.5. The minimum Gasteiger partial charge on any atom is -0.480 e. The van der Waals surface area contributed by atoms with E-state index in [-0.39, 0.29) is 41.5 Å². The van der Waals surface area contributed by atoms with Crippen LogP contribution in [0, 0.1) is 5.92 Å². The number of benzene rings is 3. The van der Waals surface area contributed by atoms with E-state index in [2.05, 4.69) is 10.6 Å². The van der Waals surface area contributed by atoms with E-state index in [4.69, 9.17) is 0 Å². The third-order valence-electron chi connectivity index (χ3n) is 8.09. The number of fused-ring (bicyclic) bond motifs is 2. The standard InChI is InChI=1S/C33H32N4O7/c1-3-19(2)29(35-27(38)15-20-9-5-4-6-10-20)30(40)34-18-28(39)37-25-14-13-22(16-21(25)17-26(37)33(43)44)36-31(41)23-11-7-8-12-24(23)32(36)42/h4-14,16,19,26,29H,3,15,17-18H2,1-2H3,(H,34,40)(H,35,38)(H,43,44)/t19-,26?,29-/m0/s1. The molecule has 3 aromatic rings. The Kier molecular flexibility index (Phi) is 8.57. The lowest BCUT2D eigenvalue weighted by atomic mass is 9.98. The number of carbonyl (C=O) groups is 6. The highest BCUT2D eigenvalue weighted by atomic mass is 16.4. The van der Waals surface area contributed by atoms with E-state index < -0.39 is 48.2 Å². The zero-order valence-electron chi connectivity index (χ0n) is 24.3. The van der Waals surface area contributed by atoms with E-state index in [1.54, 1.807) is 30.3 Å². The van der Waals surface area contributed by atoms with Gasteiger partial charge in [0.15, 0.2) is 0 Å². The molecule has 0 fully saturated rings. The first-order chi connectivity index (χ1) is 21.1. The molecule has 2 aliphatic heterocycles. The number of aliphatic carboxylic acids is 1. The van der Waals surface area contributed by atoms with Crippen molar-refractivity contribution < 1.29 is 33.9 Å². The van der Waals surface area contributed by atoms with Crippen LogP contribution < -0.4 is 20.4 Å². The van der Waals surface area contributed by atoms with E-state index in [0.29, 0.717) is 17.7 Å². The molecule has 11 heteroatoms. The maximum atomic E-state index is 13.4. The van der Waals surface area contributed by atoms with Crippen molar-refractivity contribution in [3.63, 3.8) is 0 Å². The summed E-state index contributed by atoms with van der Waals surface area (Å²) >= 11 is 0. The molecule has 0 aliphatic carbocycles. The molecule has 5 rings (SSSR count). The molecule has 1 unspecified atom stereocenters. The molecule has 0 bridgehead atoms. The average Bonchev–Trinajstić information content (AvgIpc) is 3.53. The van der Waals surface area contributed by atoms with Crippen LogP contribution in [0.1, 0.15) is 52.1 Å². The second kappa shape index (κ2) is 12.5. The SMILES string of the molecule is CC[C@H](C)[C@H](NC(=O)Cc1ccccc1)C(=O)NCC(=O)N1c2ccc(N3C(=O)c4ccccc4C3=O)cc2CC1C(=O)O. The fourth-order valence-corrected chi connectivity index (χ4v) is 5.57. The van der Waals surface area contributed by atoms with E-state index in [9.17, 15) is 33.9 Å². The Hall–Kier alpha value is -5.32. The zero-order chi connectivity index (χ0) is 31.5. The maximum absolute atomic E-state index is 13.4. The Bertz CT molecular complexity index is 1620. The minimum absolute atomic E-state index is 0.0492. The maximum Gasteiger partial charge on any atom is 0.327 e. The molecular weight excluding hydrogens is 564 g/mol. The van der Waals surface area contributed by atoms with Crippen molar-refractivity contribution in [1.82, 2.24) is 10.6 Å². The lowest BCUT2D eigenvalue weighted by Gasteiger charge is -2.26. The van der Waals surface area contributed by atoms with Crippen LogP contribution in [0.15, 0.2) is 72.8 Å². The van der Waals surface area contributed by atoms with Crippen molar-refractivity contribution in [2.45, 2.75) is 45.2 Å². The highest BCUT2D eigenvalue weighted by molar-refractivity contribution is 6.34. The molecule has 0 spiro atoms. The van der Waals surface area contributed by atoms with Crippen molar-refractivity contribution in [3.8, 4) is 0 Å². The summed E-state index contributed by atoms with van der Waals surface area (Å²) in [6.45, 7) is 3.20. The first kappa shape index (κ1) is 30.1. The summed E-state index contributed by atoms with van der Waals surface area (Å²) < 4.78 is 0. The van der Waals surface area contributed by atoms with Crippen LogP contribution in [-0.2, 0) is 32.0 Å². The van der Waals surface area contributed by atoms with E-state index >= 15 is 0 Å². The van der Waals surface area contributed by atoms with Crippen LogP contribution >= 0.6 is 0 Å². The molecule has 2 heterocycles. The molecule has 2 aliphatic rings. The molecule has 3 aromatic carbocycles. The van der Waals surface area contributed by atoms with E-state index in [1.807, 2.05) is 44.2 Å². The Morgan fingerprint density at radius 3 is 2.18 bits per heavy atom. The van der Waals surface area contributed by atoms with Crippen LogP contribution in [0.3, 0.4) is 0 Å². The fraction of sp³-hybridized carbons (Fsp3) is 0.273. The highest BCUT2D eigenvalue weighted by Gasteiger charge is 2.41. The molecule has 44 heavy (non-hydrogen) atoms. The van der Waals surface area contributed by atoms with Gasteiger partial charge in [0.2, 0.25) is 17.7 Å². The molecule has 3 N–H and O–H groups in total. The van der Waals surface area contributed by atoms with E-state index in [0.717, 1.165) is 15.4 Å². The quantitative estimate of drug-likeness (QED) is 0.304. The van der Waals surface area contributed by atoms with Crippen LogP contribution in [-0.4, -0.2) is 59.2 Å². The monoisotopic (exact) mass is 596 g/mol. The number of nitrogens with one attached hydrogen (secondary N) is 2. The fourth-order valence-electron chi connectivity index (χ4n) is 5.57. The van der Waals surface area contributed by atoms with Crippen LogP contribution in [0.25, 0.3) is 0 Å². The Balaban J connectivity index is 1.30. The number of carbonyl (C=O) groups excluding carboxylic acids is 5. The van der Waals surface area contributed by atoms with Gasteiger partial charge >= 0.3 is 5.97 Å². The molecular formula is C33H32N4O7. The van der Waals surface area contributed by atoms with Gasteiger partial charge in [0, 0.05) is 12.1 Å². The van der Waals surface area contributed by atoms with Gasteiger partial charge in [-0.3, -0.25) is 28.9 Å². The van der Waals surface area contributed by atoms with Gasteiger partial charge in [-0.25, -0.2) is 9.69 Å². The number of rotatable bonds is 10. The number of imide groups is 1. The van der Waals surface area contributed by atoms with Gasteiger partial charge in [0.25, 0.3) is 11.8 Å². The summed E-state index contributed by atoms with van der Waals surface area (Å²) in [5.41, 5.74) is 2.40. The van der Waals surface area contributed by atoms with Crippen LogP contribution in [0.2, 0.25) is 0 Å². The average molecular weight is 597 g/mol. The van der Waals surface area contributed by atoms with Crippen molar-refractivity contribution in [2.75, 3.05) is 16.3 Å². The molecule has 0 radical (unpaired) electrons. The molecule has 11 nitrogen and oxygen atoms in total. The predicted octanol–water partition coefficient (Wildman–Crippen LogP) is 2.72. The zero-order valence-corrected chi connectivity index (χ0v) is 24.3. The number of anilines is 2. The normalized spacial score (nSPS) is 16.6. The summed E-state index contributed by atoms with van der Waals surface area (Å²) in [6, 6.07) is 18.0. The van der Waals surface area contributed by atoms with Crippen LogP contribution in [0.5, 0.6) is 0 Å². The highest BCUT2D eigenvalue weighted by Crippen LogP contribution is 2.37. The minimum atomic E-state index is -1.25. The second-order valence-corrected chi connectivity index (χ2v) is 10.9. The first-order valence-electron chi connectivity index (χ1n) is 14.4. The number of nitrogens with zero attached hydrogens (tertiary/aromatic N) is 2. The number of hydrogen-bond donors (Lipinski definition) is 3. The molecule has 0 saturated heterocycles. The van der Waals surface area contributed by atoms with Crippen LogP contribution in [0.4, 0.5) is 11.4 Å². The van der Waals surface area contributed by atoms with Gasteiger partial charge in [-0.2, -0.15) is 0 Å². The van der Waals surface area contributed by atoms with Gasteiger partial charge < -0.3 is 15.7 Å². The number of amides is 5. The predicted molar refractivity (Wildman–Crippen MR) is 161 cm³/mol. The molecule has 3 atom stereocenters. The Morgan fingerprint density at radius 1 is 0.932 bits per heavy atom. The van der Waals surface area contributed by atoms with E-state index in [1.165, 1.54) is 12.1 Å². The topological polar surface area (TPSA) is 153 Å². The third kappa shape index (κ3) is 5.81. The Morgan fingerprint density at radius 2 is 1.57 bits per heavy atom. The summed E-state index contributed by atoms with van der Waals surface area (Å²) in [5, 5.41) is 15.3. The first-order valence-corrected chi connectivity index (χ1v) is 14.4. The Labute approximate surface area is 253 Å². The molecule has 0 aromatic heterocycles. The number of carboxylic acids is 1. The summed E-state index contributed by atoms with van der Waals surface area (Å²) in [7, 11) is 0. The molecule has 226 valence electrons. The van der Waals surface area contributed by atoms with Gasteiger partial charge in [0.1, 0.15) is 12.1 Å². The van der Waals surface area contributed by atoms with Gasteiger partial charge in [-0.1, -0.05) is 62.7 Å². The van der Waals surface area contributed by atoms with Gasteiger partial charge in [0.05, 0.1) is 29.8 Å². The summed E-state index contributed by atoms with van der Waals surface area (Å²) in [5.74, 6) is -3.99. The molecule has 5 amide bonds. The lowest BCUT2D eigenvalue weighted by Crippen LogP contribution is -2.53. The van der Waals surface area contributed by atoms with Gasteiger partial charge in [-0.05, 0) is 47.4 Å². The largest absolute Gasteiger partial charge is 0.480 e. The van der Waals surface area contributed by atoms with Crippen molar-refractivity contribution in [2.24, 2.45) is 5.92 Å². The smallest absolute Gasteiger partial charge is 0.327 e. The number of hydrogen-bond acceptors (Lipinski definition) is 6. The van der Waals surface area contributed by atoms with Crippen molar-refractivity contribution in [1.29, 1.82) is 0 Å². The lowest BCUT2D eigenvalue weighted by molar-refractivity contribution is -0.139.